The van der Waals surface area contributed by atoms with Crippen LogP contribution in [0, 0.1) is 22.7 Å². The van der Waals surface area contributed by atoms with Gasteiger partial charge in [-0.3, -0.25) is 0 Å². The van der Waals surface area contributed by atoms with Crippen LogP contribution in [-0.4, -0.2) is 13.7 Å². The van der Waals surface area contributed by atoms with Gasteiger partial charge in [0, 0.05) is 49.3 Å². The summed E-state index contributed by atoms with van der Waals surface area (Å²) in [4.78, 5) is 0. The molecule has 0 amide bonds. The van der Waals surface area contributed by atoms with E-state index in [4.69, 9.17) is 0 Å². The summed E-state index contributed by atoms with van der Waals surface area (Å²) in [6, 6.07) is 65.9. The summed E-state index contributed by atoms with van der Waals surface area (Å²) in [7, 11) is 0. The molecular formula is C50H29N5. The third kappa shape index (κ3) is 4.39. The molecule has 254 valence electrons. The van der Waals surface area contributed by atoms with Gasteiger partial charge in [0.1, 0.15) is 12.1 Å². The molecule has 0 fully saturated rings. The van der Waals surface area contributed by atoms with E-state index in [0.717, 1.165) is 82.8 Å². The van der Waals surface area contributed by atoms with Gasteiger partial charge in [0.05, 0.1) is 49.9 Å². The van der Waals surface area contributed by atoms with Crippen LogP contribution in [0.25, 0.3) is 93.6 Å². The summed E-state index contributed by atoms with van der Waals surface area (Å²) >= 11 is 0. The molecule has 0 saturated heterocycles. The third-order valence-electron chi connectivity index (χ3n) is 11.1. The monoisotopic (exact) mass is 699 g/mol. The minimum absolute atomic E-state index is 0.580. The minimum atomic E-state index is 0.580. The molecular weight excluding hydrogens is 671 g/mol. The van der Waals surface area contributed by atoms with Gasteiger partial charge < -0.3 is 13.7 Å². The number of aromatic nitrogens is 3. The molecule has 5 nitrogen and oxygen atoms in total. The van der Waals surface area contributed by atoms with E-state index in [-0.39, 0.29) is 0 Å². The van der Waals surface area contributed by atoms with Crippen molar-refractivity contribution in [2.45, 2.75) is 0 Å². The topological polar surface area (TPSA) is 62.4 Å². The van der Waals surface area contributed by atoms with E-state index in [1.54, 1.807) is 0 Å². The molecule has 55 heavy (non-hydrogen) atoms. The fraction of sp³-hybridized carbons (Fsp3) is 0. The van der Waals surface area contributed by atoms with Crippen molar-refractivity contribution in [2.75, 3.05) is 0 Å². The molecule has 11 aromatic rings. The fourth-order valence-electron chi connectivity index (χ4n) is 8.84. The van der Waals surface area contributed by atoms with Crippen molar-refractivity contribution in [2.24, 2.45) is 0 Å². The highest BCUT2D eigenvalue weighted by Gasteiger charge is 2.22. The Hall–Kier alpha value is -7.86. The zero-order valence-electron chi connectivity index (χ0n) is 29.5. The van der Waals surface area contributed by atoms with Gasteiger partial charge in [-0.25, -0.2) is 0 Å². The number of fused-ring (bicyclic) bond motifs is 9. The van der Waals surface area contributed by atoms with Gasteiger partial charge in [-0.2, -0.15) is 10.5 Å². The van der Waals surface area contributed by atoms with E-state index in [1.807, 2.05) is 36.4 Å². The van der Waals surface area contributed by atoms with Crippen molar-refractivity contribution < 1.29 is 0 Å². The lowest BCUT2D eigenvalue weighted by Gasteiger charge is -2.17. The molecule has 0 unspecified atom stereocenters. The molecule has 0 aliphatic rings. The van der Waals surface area contributed by atoms with Crippen LogP contribution >= 0.6 is 0 Å². The van der Waals surface area contributed by atoms with Gasteiger partial charge in [-0.1, -0.05) is 115 Å². The number of nitriles is 2. The lowest BCUT2D eigenvalue weighted by molar-refractivity contribution is 1.15. The van der Waals surface area contributed by atoms with Crippen LogP contribution < -0.4 is 0 Å². The average Bonchev–Trinajstić information content (AvgIpc) is 3.89. The molecule has 3 aromatic heterocycles. The molecule has 0 N–H and O–H groups in total. The lowest BCUT2D eigenvalue weighted by atomic mass is 9.99. The summed E-state index contributed by atoms with van der Waals surface area (Å²) in [5.74, 6) is 0. The van der Waals surface area contributed by atoms with E-state index in [2.05, 4.69) is 165 Å². The molecule has 0 bridgehead atoms. The SMILES string of the molecule is N#Cc1cccc(-c2cccc(-n3c4ccccc4c4cccc(C#N)c43)c2)c1-n1c2ccccc2c2ccc(-n3c4ccccc4c4ccccc43)cc21. The van der Waals surface area contributed by atoms with Crippen LogP contribution in [0.15, 0.2) is 176 Å². The van der Waals surface area contributed by atoms with Crippen LogP contribution in [0.2, 0.25) is 0 Å². The van der Waals surface area contributed by atoms with Gasteiger partial charge >= 0.3 is 0 Å². The summed E-state index contributed by atoms with van der Waals surface area (Å²) in [5, 5.41) is 27.8. The van der Waals surface area contributed by atoms with Crippen molar-refractivity contribution >= 4 is 65.4 Å². The number of hydrogen-bond acceptors (Lipinski definition) is 2. The van der Waals surface area contributed by atoms with Crippen molar-refractivity contribution in [1.82, 2.24) is 13.7 Å². The van der Waals surface area contributed by atoms with E-state index < -0.39 is 0 Å². The smallest absolute Gasteiger partial charge is 0.101 e. The van der Waals surface area contributed by atoms with Crippen molar-refractivity contribution in [3.05, 3.63) is 187 Å². The van der Waals surface area contributed by atoms with Crippen LogP contribution in [0.5, 0.6) is 0 Å². The minimum Gasteiger partial charge on any atom is -0.309 e. The molecule has 0 aliphatic carbocycles. The zero-order chi connectivity index (χ0) is 36.6. The summed E-state index contributed by atoms with van der Waals surface area (Å²) in [5.41, 5.74) is 12.2. The lowest BCUT2D eigenvalue weighted by Crippen LogP contribution is -2.02. The Bertz CT molecular complexity index is 3420. The van der Waals surface area contributed by atoms with Gasteiger partial charge in [-0.15, -0.1) is 0 Å². The molecule has 8 aromatic carbocycles. The molecule has 3 heterocycles. The summed E-state index contributed by atoms with van der Waals surface area (Å²) in [6.45, 7) is 0. The molecule has 0 saturated carbocycles. The van der Waals surface area contributed by atoms with Crippen molar-refractivity contribution in [1.29, 1.82) is 10.5 Å². The number of hydrogen-bond donors (Lipinski definition) is 0. The number of nitrogens with zero attached hydrogens (tertiary/aromatic N) is 5. The van der Waals surface area contributed by atoms with Gasteiger partial charge in [0.2, 0.25) is 0 Å². The maximum absolute atomic E-state index is 10.8. The maximum Gasteiger partial charge on any atom is 0.101 e. The first-order valence-corrected chi connectivity index (χ1v) is 18.3. The number of benzene rings is 8. The Morgan fingerprint density at radius 1 is 0.345 bits per heavy atom. The summed E-state index contributed by atoms with van der Waals surface area (Å²) < 4.78 is 6.81. The first-order valence-electron chi connectivity index (χ1n) is 18.3. The molecule has 0 aliphatic heterocycles. The van der Waals surface area contributed by atoms with E-state index in [9.17, 15) is 10.5 Å². The third-order valence-corrected chi connectivity index (χ3v) is 11.1. The standard InChI is InChI=1S/C50H29N5/c51-30-33-13-10-20-37(32-12-9-15-35(28-32)54-46-24-7-4-19-41(46)43-21-11-14-34(31-52)50(43)54)49(33)55-47-25-8-3-18-40(47)42-27-26-36(29-48(42)55)53-44-22-5-1-16-38(44)39-17-2-6-23-45(39)53/h1-29H. The quantitative estimate of drug-likeness (QED) is 0.184. The van der Waals surface area contributed by atoms with Crippen LogP contribution in [0.1, 0.15) is 11.1 Å². The maximum atomic E-state index is 10.8. The molecule has 0 radical (unpaired) electrons. The predicted molar refractivity (Wildman–Crippen MR) is 224 cm³/mol. The van der Waals surface area contributed by atoms with E-state index in [1.165, 1.54) is 10.8 Å². The Labute approximate surface area is 316 Å². The molecule has 0 atom stereocenters. The number of para-hydroxylation sites is 6. The first-order chi connectivity index (χ1) is 27.2. The van der Waals surface area contributed by atoms with Gasteiger partial charge in [0.15, 0.2) is 0 Å². The van der Waals surface area contributed by atoms with Crippen LogP contribution in [0.4, 0.5) is 0 Å². The molecule has 5 heteroatoms. The van der Waals surface area contributed by atoms with Crippen molar-refractivity contribution in [3.8, 4) is 40.3 Å². The molecule has 11 rings (SSSR count). The Morgan fingerprint density at radius 2 is 0.836 bits per heavy atom. The van der Waals surface area contributed by atoms with Crippen molar-refractivity contribution in [3.63, 3.8) is 0 Å². The number of rotatable bonds is 4. The Kier molecular flexibility index (Phi) is 6.61. The Morgan fingerprint density at radius 3 is 1.49 bits per heavy atom. The largest absolute Gasteiger partial charge is 0.309 e. The first kappa shape index (κ1) is 30.7. The highest BCUT2D eigenvalue weighted by atomic mass is 15.0. The van der Waals surface area contributed by atoms with E-state index >= 15 is 0 Å². The predicted octanol–water partition coefficient (Wildman–Crippen LogP) is 12.4. The highest BCUT2D eigenvalue weighted by molar-refractivity contribution is 6.13. The molecule has 0 spiro atoms. The Balaban J connectivity index is 1.19. The second kappa shape index (κ2) is 11.8. The zero-order valence-corrected chi connectivity index (χ0v) is 29.5. The normalized spacial score (nSPS) is 11.6. The summed E-state index contributed by atoms with van der Waals surface area (Å²) in [6.07, 6.45) is 0. The van der Waals surface area contributed by atoms with Crippen LogP contribution in [-0.2, 0) is 0 Å². The second-order valence-electron chi connectivity index (χ2n) is 14.0. The fourth-order valence-corrected chi connectivity index (χ4v) is 8.84. The average molecular weight is 700 g/mol. The van der Waals surface area contributed by atoms with Crippen LogP contribution in [0.3, 0.4) is 0 Å². The van der Waals surface area contributed by atoms with Gasteiger partial charge in [-0.05, 0) is 66.2 Å². The van der Waals surface area contributed by atoms with Gasteiger partial charge in [0.25, 0.3) is 0 Å². The second-order valence-corrected chi connectivity index (χ2v) is 14.0. The highest BCUT2D eigenvalue weighted by Crippen LogP contribution is 2.41. The van der Waals surface area contributed by atoms with E-state index in [0.29, 0.717) is 11.1 Å².